The van der Waals surface area contributed by atoms with E-state index in [4.69, 9.17) is 4.74 Å². The highest BCUT2D eigenvalue weighted by atomic mass is 32.2. The van der Waals surface area contributed by atoms with Gasteiger partial charge < -0.3 is 15.4 Å². The molecule has 5 rings (SSSR count). The first-order chi connectivity index (χ1) is 20.8. The number of thioether (sulfide) groups is 1. The molecule has 0 spiro atoms. The summed E-state index contributed by atoms with van der Waals surface area (Å²) >= 11 is 1.58. The Kier molecular flexibility index (Phi) is 10.2. The highest BCUT2D eigenvalue weighted by Crippen LogP contribution is 2.30. The lowest BCUT2D eigenvalue weighted by atomic mass is 9.95. The number of aromatic nitrogens is 1. The quantitative estimate of drug-likeness (QED) is 0.118. The Balaban J connectivity index is 1.32. The van der Waals surface area contributed by atoms with E-state index < -0.39 is 11.7 Å². The van der Waals surface area contributed by atoms with Crippen LogP contribution in [0.3, 0.4) is 0 Å². The molecule has 0 aliphatic carbocycles. The van der Waals surface area contributed by atoms with Crippen molar-refractivity contribution in [3.05, 3.63) is 108 Å². The molecule has 1 aliphatic rings. The molecule has 4 aromatic rings. The van der Waals surface area contributed by atoms with Crippen LogP contribution in [0.1, 0.15) is 32.7 Å². The monoisotopic (exact) mass is 634 g/mol. The third-order valence-corrected chi connectivity index (χ3v) is 8.33. The Morgan fingerprint density at radius 3 is 2.49 bits per heavy atom. The van der Waals surface area contributed by atoms with Crippen molar-refractivity contribution < 1.29 is 23.5 Å². The summed E-state index contributed by atoms with van der Waals surface area (Å²) in [6.45, 7) is 1.02. The van der Waals surface area contributed by atoms with Crippen LogP contribution in [0, 0.1) is 11.7 Å². The number of esters is 1. The van der Waals surface area contributed by atoms with Gasteiger partial charge in [0.05, 0.1) is 24.4 Å². The molecule has 1 aromatic heterocycles. The number of hydrogen-bond acceptors (Lipinski definition) is 7. The van der Waals surface area contributed by atoms with Crippen molar-refractivity contribution in [2.24, 2.45) is 5.92 Å². The van der Waals surface area contributed by atoms with Crippen molar-refractivity contribution in [3.8, 4) is 11.1 Å². The lowest BCUT2D eigenvalue weighted by Crippen LogP contribution is -2.14. The molecule has 220 valence electrons. The Morgan fingerprint density at radius 2 is 1.77 bits per heavy atom. The van der Waals surface area contributed by atoms with Gasteiger partial charge in [-0.3, -0.25) is 23.8 Å². The normalized spacial score (nSPS) is 14.4. The molecule has 0 radical (unpaired) electrons. The molecule has 3 atom stereocenters. The third kappa shape index (κ3) is 8.03. The van der Waals surface area contributed by atoms with Crippen molar-refractivity contribution in [3.63, 3.8) is 0 Å². The van der Waals surface area contributed by atoms with Gasteiger partial charge in [-0.15, -0.1) is 11.8 Å². The lowest BCUT2D eigenvalue weighted by molar-refractivity contribution is -0.140. The fourth-order valence-electron chi connectivity index (χ4n) is 4.54. The van der Waals surface area contributed by atoms with E-state index in [1.807, 2.05) is 40.8 Å². The summed E-state index contributed by atoms with van der Waals surface area (Å²) < 4.78 is 21.0. The second-order valence-electron chi connectivity index (χ2n) is 9.88. The van der Waals surface area contributed by atoms with Gasteiger partial charge in [0.15, 0.2) is 5.82 Å². The molecule has 1 saturated heterocycles. The van der Waals surface area contributed by atoms with Gasteiger partial charge in [-0.05, 0) is 77.7 Å². The fraction of sp³-hybridized carbons (Fsp3) is 0.161. The summed E-state index contributed by atoms with van der Waals surface area (Å²) in [6.07, 6.45) is 3.19. The summed E-state index contributed by atoms with van der Waals surface area (Å²) in [7, 11) is 5.16. The number of carbonyl (C=O) groups excluding carboxylic acids is 3. The molecule has 2 N–H and O–H groups in total. The van der Waals surface area contributed by atoms with Gasteiger partial charge in [-0.25, -0.2) is 4.39 Å². The number of anilines is 2. The minimum Gasteiger partial charge on any atom is -0.465 e. The first-order valence-corrected chi connectivity index (χ1v) is 15.4. The Bertz CT molecular complexity index is 1660. The Morgan fingerprint density at radius 1 is 1.00 bits per heavy atom. The second-order valence-corrected chi connectivity index (χ2v) is 12.9. The predicted molar refractivity (Wildman–Crippen MR) is 173 cm³/mol. The van der Waals surface area contributed by atoms with Gasteiger partial charge in [0.25, 0.3) is 11.8 Å². The summed E-state index contributed by atoms with van der Waals surface area (Å²) in [6, 6.07) is 21.3. The fourth-order valence-corrected chi connectivity index (χ4v) is 5.96. The molecular formula is C31H29FN4O4P2S. The number of ether oxygens (including phenoxy) is 1. The molecule has 43 heavy (non-hydrogen) atoms. The van der Waals surface area contributed by atoms with Crippen LogP contribution in [0.15, 0.2) is 90.1 Å². The number of nitrogens with one attached hydrogen (secondary N) is 2. The minimum absolute atomic E-state index is 0.0375. The SMILES string of the molecule is O=C(Nc1ccc(SC[C@H]2CCOC2=O)cc1)c1cccc(-c2cc(C(=O)Nc3ccncc3F)ccc2CN(P)P)c1. The molecular weight excluding hydrogens is 605 g/mol. The number of halogens is 1. The molecule has 12 heteroatoms. The van der Waals surface area contributed by atoms with Crippen LogP contribution in [-0.2, 0) is 16.1 Å². The zero-order valence-corrected chi connectivity index (χ0v) is 26.1. The van der Waals surface area contributed by atoms with Crippen LogP contribution in [0.5, 0.6) is 0 Å². The maximum atomic E-state index is 14.1. The molecule has 1 fully saturated rings. The Hall–Kier alpha value is -3.68. The molecule has 2 amide bonds. The number of rotatable bonds is 10. The van der Waals surface area contributed by atoms with Crippen molar-refractivity contribution in [1.82, 2.24) is 9.42 Å². The molecule has 0 saturated carbocycles. The van der Waals surface area contributed by atoms with E-state index in [1.165, 1.54) is 12.3 Å². The van der Waals surface area contributed by atoms with E-state index in [2.05, 4.69) is 34.4 Å². The van der Waals surface area contributed by atoms with Crippen LogP contribution in [-0.4, -0.2) is 39.6 Å². The first kappa shape index (κ1) is 30.8. The third-order valence-electron chi connectivity index (χ3n) is 6.79. The van der Waals surface area contributed by atoms with Crippen LogP contribution in [0.25, 0.3) is 11.1 Å². The number of amides is 2. The van der Waals surface area contributed by atoms with Gasteiger partial charge in [0, 0.05) is 40.2 Å². The van der Waals surface area contributed by atoms with E-state index in [-0.39, 0.29) is 23.5 Å². The summed E-state index contributed by atoms with van der Waals surface area (Å²) in [5.74, 6) is -0.929. The summed E-state index contributed by atoms with van der Waals surface area (Å²) in [5, 5.41) is 5.53. The zero-order chi connectivity index (χ0) is 30.3. The maximum absolute atomic E-state index is 14.1. The number of pyridine rings is 1. The number of hydrogen-bond donors (Lipinski definition) is 2. The lowest BCUT2D eigenvalue weighted by Gasteiger charge is -2.16. The number of carbonyl (C=O) groups is 3. The van der Waals surface area contributed by atoms with Crippen molar-refractivity contribution >= 4 is 59.7 Å². The standard InChI is InChI=1S/C31H29FN4O4P2S/c32-27-16-33-12-10-28(27)35-30(38)21-4-5-22(17-36(41)42)26(15-21)19-2-1-3-20(14-19)29(37)34-24-6-8-25(9-7-24)43-18-23-11-13-40-31(23)39/h1-10,12,14-16,23H,11,13,17-18,41-42H2,(H,34,37)(H,33,35,38)/t23-/m1/s1. The van der Waals surface area contributed by atoms with Crippen LogP contribution in [0.4, 0.5) is 15.8 Å². The van der Waals surface area contributed by atoms with E-state index in [1.54, 1.807) is 42.1 Å². The van der Waals surface area contributed by atoms with E-state index in [9.17, 15) is 18.8 Å². The van der Waals surface area contributed by atoms with Crippen molar-refractivity contribution in [1.29, 1.82) is 0 Å². The van der Waals surface area contributed by atoms with E-state index in [0.717, 1.165) is 34.2 Å². The maximum Gasteiger partial charge on any atom is 0.309 e. The molecule has 3 aromatic carbocycles. The molecule has 2 unspecified atom stereocenters. The molecule has 2 heterocycles. The van der Waals surface area contributed by atoms with Crippen LogP contribution >= 0.6 is 30.5 Å². The molecule has 0 bridgehead atoms. The second kappa shape index (κ2) is 14.2. The smallest absolute Gasteiger partial charge is 0.309 e. The Labute approximate surface area is 257 Å². The molecule has 1 aliphatic heterocycles. The topological polar surface area (TPSA) is 101 Å². The van der Waals surface area contributed by atoms with Gasteiger partial charge in [0.1, 0.15) is 0 Å². The average Bonchev–Trinajstić information content (AvgIpc) is 3.42. The highest BCUT2D eigenvalue weighted by Gasteiger charge is 2.26. The number of nitrogens with zero attached hydrogens (tertiary/aromatic N) is 2. The van der Waals surface area contributed by atoms with Gasteiger partial charge in [0.2, 0.25) is 0 Å². The first-order valence-electron chi connectivity index (χ1n) is 13.4. The van der Waals surface area contributed by atoms with Crippen LogP contribution < -0.4 is 10.6 Å². The predicted octanol–water partition coefficient (Wildman–Crippen LogP) is 6.43. The summed E-state index contributed by atoms with van der Waals surface area (Å²) in [4.78, 5) is 42.6. The largest absolute Gasteiger partial charge is 0.465 e. The number of benzene rings is 3. The van der Waals surface area contributed by atoms with Crippen LogP contribution in [0.2, 0.25) is 0 Å². The number of cyclic esters (lactones) is 1. The molecule has 8 nitrogen and oxygen atoms in total. The highest BCUT2D eigenvalue weighted by molar-refractivity contribution is 7.99. The van der Waals surface area contributed by atoms with E-state index in [0.29, 0.717) is 35.7 Å². The zero-order valence-electron chi connectivity index (χ0n) is 23.0. The summed E-state index contributed by atoms with van der Waals surface area (Å²) in [5.41, 5.74) is 3.91. The average molecular weight is 635 g/mol. The van der Waals surface area contributed by atoms with Gasteiger partial charge >= 0.3 is 5.97 Å². The van der Waals surface area contributed by atoms with E-state index >= 15 is 0 Å². The van der Waals surface area contributed by atoms with Crippen molar-refractivity contribution in [2.45, 2.75) is 17.9 Å². The van der Waals surface area contributed by atoms with Gasteiger partial charge in [-0.2, -0.15) is 0 Å². The van der Waals surface area contributed by atoms with Gasteiger partial charge in [-0.1, -0.05) is 37.0 Å². The van der Waals surface area contributed by atoms with Crippen molar-refractivity contribution in [2.75, 3.05) is 23.0 Å². The minimum atomic E-state index is -0.628.